The van der Waals surface area contributed by atoms with Crippen LogP contribution >= 0.6 is 24.4 Å². The van der Waals surface area contributed by atoms with Crippen LogP contribution in [-0.2, 0) is 4.74 Å². The zero-order chi connectivity index (χ0) is 10.2. The summed E-state index contributed by atoms with van der Waals surface area (Å²) in [6.07, 6.45) is 1.50. The average molecular weight is 232 g/mol. The molecule has 78 valence electrons. The minimum atomic E-state index is -0.126. The van der Waals surface area contributed by atoms with Gasteiger partial charge in [0.25, 0.3) is 5.56 Å². The molecule has 0 atom stereocenters. The number of thioether (sulfide) groups is 1. The highest BCUT2D eigenvalue weighted by Gasteiger charge is 1.95. The van der Waals surface area contributed by atoms with E-state index in [4.69, 9.17) is 4.74 Å². The van der Waals surface area contributed by atoms with Gasteiger partial charge in [0, 0.05) is 23.8 Å². The molecule has 0 aliphatic rings. The lowest BCUT2D eigenvalue weighted by molar-refractivity contribution is 0.167. The maximum Gasteiger partial charge on any atom is 0.251 e. The fourth-order valence-corrected chi connectivity index (χ4v) is 1.62. The molecule has 0 amide bonds. The molecule has 0 aliphatic heterocycles. The Hall–Kier alpha value is -0.460. The van der Waals surface area contributed by atoms with E-state index in [0.29, 0.717) is 18.4 Å². The van der Waals surface area contributed by atoms with Crippen LogP contribution in [0.2, 0.25) is 0 Å². The second kappa shape index (κ2) is 6.92. The van der Waals surface area contributed by atoms with Gasteiger partial charge in [0.15, 0.2) is 5.16 Å². The number of ether oxygens (including phenoxy) is 1. The first-order chi connectivity index (χ1) is 6.83. The molecule has 0 bridgehead atoms. The van der Waals surface area contributed by atoms with Gasteiger partial charge in [-0.15, -0.1) is 0 Å². The number of rotatable bonds is 6. The fourth-order valence-electron chi connectivity index (χ4n) is 0.789. The van der Waals surface area contributed by atoms with Gasteiger partial charge in [-0.25, -0.2) is 4.98 Å². The van der Waals surface area contributed by atoms with Gasteiger partial charge in [0.05, 0.1) is 13.2 Å². The molecule has 0 saturated carbocycles. The van der Waals surface area contributed by atoms with Crippen molar-refractivity contribution >= 4 is 24.4 Å². The van der Waals surface area contributed by atoms with E-state index >= 15 is 0 Å². The molecule has 1 N–H and O–H groups in total. The summed E-state index contributed by atoms with van der Waals surface area (Å²) in [5, 5.41) is 0.631. The van der Waals surface area contributed by atoms with Gasteiger partial charge in [-0.3, -0.25) is 4.79 Å². The Kier molecular flexibility index (Phi) is 5.74. The summed E-state index contributed by atoms with van der Waals surface area (Å²) in [4.78, 5) is 17.5. The molecule has 1 heterocycles. The predicted octanol–water partition coefficient (Wildman–Crippen LogP) is 0.808. The molecule has 1 aromatic rings. The Bertz CT molecular complexity index is 316. The number of aromatic amines is 1. The molecular weight excluding hydrogens is 220 g/mol. The van der Waals surface area contributed by atoms with Gasteiger partial charge >= 0.3 is 0 Å². The zero-order valence-corrected chi connectivity index (χ0v) is 9.31. The lowest BCUT2D eigenvalue weighted by atomic mass is 10.7. The van der Waals surface area contributed by atoms with E-state index in [2.05, 4.69) is 22.6 Å². The molecule has 0 radical (unpaired) electrons. The van der Waals surface area contributed by atoms with Crippen LogP contribution in [0.3, 0.4) is 0 Å². The quantitative estimate of drug-likeness (QED) is 0.330. The molecule has 14 heavy (non-hydrogen) atoms. The van der Waals surface area contributed by atoms with Crippen LogP contribution in [0.1, 0.15) is 0 Å². The van der Waals surface area contributed by atoms with Crippen LogP contribution in [0.15, 0.2) is 22.2 Å². The van der Waals surface area contributed by atoms with Crippen molar-refractivity contribution in [3.63, 3.8) is 0 Å². The van der Waals surface area contributed by atoms with Crippen LogP contribution < -0.4 is 5.56 Å². The number of nitrogens with one attached hydrogen (secondary N) is 1. The normalized spacial score (nSPS) is 10.4. The van der Waals surface area contributed by atoms with Crippen molar-refractivity contribution in [1.82, 2.24) is 9.97 Å². The number of thiol groups is 1. The highest BCUT2D eigenvalue weighted by molar-refractivity contribution is 7.99. The Morgan fingerprint density at radius 3 is 3.14 bits per heavy atom. The Labute approximate surface area is 91.9 Å². The molecule has 0 aromatic carbocycles. The van der Waals surface area contributed by atoms with Crippen molar-refractivity contribution in [3.05, 3.63) is 22.6 Å². The molecule has 1 rings (SSSR count). The van der Waals surface area contributed by atoms with Crippen LogP contribution in [0.5, 0.6) is 0 Å². The van der Waals surface area contributed by atoms with E-state index in [0.717, 1.165) is 11.5 Å². The topological polar surface area (TPSA) is 55.0 Å². The van der Waals surface area contributed by atoms with Crippen LogP contribution in [0, 0.1) is 0 Å². The minimum absolute atomic E-state index is 0.126. The van der Waals surface area contributed by atoms with E-state index in [1.165, 1.54) is 24.0 Å². The lowest BCUT2D eigenvalue weighted by Gasteiger charge is -2.01. The Morgan fingerprint density at radius 2 is 2.43 bits per heavy atom. The van der Waals surface area contributed by atoms with Gasteiger partial charge in [0.2, 0.25) is 0 Å². The largest absolute Gasteiger partial charge is 0.380 e. The molecule has 6 heteroatoms. The monoisotopic (exact) mass is 232 g/mol. The maximum absolute atomic E-state index is 10.9. The van der Waals surface area contributed by atoms with Gasteiger partial charge in [-0.1, -0.05) is 11.8 Å². The molecule has 0 unspecified atom stereocenters. The van der Waals surface area contributed by atoms with Crippen molar-refractivity contribution in [2.24, 2.45) is 0 Å². The fraction of sp³-hybridized carbons (Fsp3) is 0.500. The van der Waals surface area contributed by atoms with E-state index in [1.54, 1.807) is 0 Å². The summed E-state index contributed by atoms with van der Waals surface area (Å²) in [5.74, 6) is 1.51. The van der Waals surface area contributed by atoms with Crippen molar-refractivity contribution in [2.45, 2.75) is 5.16 Å². The summed E-state index contributed by atoms with van der Waals surface area (Å²) in [5.41, 5.74) is -0.126. The van der Waals surface area contributed by atoms with Crippen LogP contribution in [0.25, 0.3) is 0 Å². The zero-order valence-electron chi connectivity index (χ0n) is 7.60. The molecule has 0 fully saturated rings. The summed E-state index contributed by atoms with van der Waals surface area (Å²) >= 11 is 5.48. The summed E-state index contributed by atoms with van der Waals surface area (Å²) in [6.45, 7) is 1.30. The van der Waals surface area contributed by atoms with E-state index in [-0.39, 0.29) is 5.56 Å². The number of aromatic nitrogens is 2. The minimum Gasteiger partial charge on any atom is -0.380 e. The lowest BCUT2D eigenvalue weighted by Crippen LogP contribution is -2.06. The Balaban J connectivity index is 2.21. The van der Waals surface area contributed by atoms with Crippen molar-refractivity contribution in [1.29, 1.82) is 0 Å². The molecular formula is C8H12N2O2S2. The summed E-state index contributed by atoms with van der Waals surface area (Å²) < 4.78 is 5.22. The van der Waals surface area contributed by atoms with Crippen molar-refractivity contribution in [3.8, 4) is 0 Å². The number of hydrogen-bond acceptors (Lipinski definition) is 5. The first-order valence-corrected chi connectivity index (χ1v) is 5.81. The van der Waals surface area contributed by atoms with E-state index in [9.17, 15) is 4.79 Å². The summed E-state index contributed by atoms with van der Waals surface area (Å²) in [6, 6.07) is 1.39. The molecule has 1 aromatic heterocycles. The molecule has 4 nitrogen and oxygen atoms in total. The number of nitrogens with zero attached hydrogens (tertiary/aromatic N) is 1. The first-order valence-electron chi connectivity index (χ1n) is 4.19. The van der Waals surface area contributed by atoms with Gasteiger partial charge in [0.1, 0.15) is 0 Å². The smallest absolute Gasteiger partial charge is 0.251 e. The molecule has 0 saturated heterocycles. The third kappa shape index (κ3) is 4.69. The highest BCUT2D eigenvalue weighted by atomic mass is 32.2. The maximum atomic E-state index is 10.9. The number of H-pyrrole nitrogens is 1. The van der Waals surface area contributed by atoms with Crippen LogP contribution in [0.4, 0.5) is 0 Å². The first kappa shape index (κ1) is 11.6. The second-order valence-electron chi connectivity index (χ2n) is 2.42. The van der Waals surface area contributed by atoms with E-state index in [1.807, 2.05) is 0 Å². The standard InChI is InChI=1S/C8H12N2O2S2/c11-7-1-2-9-8(10-7)14-6-4-12-3-5-13/h1-2,13H,3-6H2,(H,9,10,11). The van der Waals surface area contributed by atoms with Gasteiger partial charge in [-0.2, -0.15) is 12.6 Å². The molecule has 0 spiro atoms. The molecule has 0 aliphatic carbocycles. The van der Waals surface area contributed by atoms with E-state index < -0.39 is 0 Å². The van der Waals surface area contributed by atoms with Gasteiger partial charge in [-0.05, 0) is 0 Å². The number of hydrogen-bond donors (Lipinski definition) is 2. The predicted molar refractivity (Wildman–Crippen MR) is 60.3 cm³/mol. The second-order valence-corrected chi connectivity index (χ2v) is 3.95. The van der Waals surface area contributed by atoms with Crippen molar-refractivity contribution in [2.75, 3.05) is 24.7 Å². The van der Waals surface area contributed by atoms with Crippen molar-refractivity contribution < 1.29 is 4.74 Å². The van der Waals surface area contributed by atoms with Crippen LogP contribution in [-0.4, -0.2) is 34.7 Å². The summed E-state index contributed by atoms with van der Waals surface area (Å²) in [7, 11) is 0. The Morgan fingerprint density at radius 1 is 1.57 bits per heavy atom. The highest BCUT2D eigenvalue weighted by Crippen LogP contribution is 2.08. The average Bonchev–Trinajstić information content (AvgIpc) is 2.18. The SMILES string of the molecule is O=c1ccnc(SCCOCCS)[nH]1. The third-order valence-corrected chi connectivity index (χ3v) is 2.38. The third-order valence-electron chi connectivity index (χ3n) is 1.35. The van der Waals surface area contributed by atoms with Gasteiger partial charge < -0.3 is 9.72 Å².